The predicted molar refractivity (Wildman–Crippen MR) is 51.7 cm³/mol. The Labute approximate surface area is 75.9 Å². The molecule has 0 heterocycles. The summed E-state index contributed by atoms with van der Waals surface area (Å²) in [5, 5.41) is 0. The monoisotopic (exact) mass is 170 g/mol. The van der Waals surface area contributed by atoms with Crippen molar-refractivity contribution in [3.05, 3.63) is 6.92 Å². The van der Waals surface area contributed by atoms with Crippen LogP contribution in [0.15, 0.2) is 0 Å². The Bertz CT molecular complexity index is 132. The van der Waals surface area contributed by atoms with E-state index in [4.69, 9.17) is 0 Å². The first kappa shape index (κ1) is 11.5. The molecule has 0 spiro atoms. The fourth-order valence-corrected chi connectivity index (χ4v) is 1.26. The molecule has 1 radical (unpaired) electrons. The molecular formula is C10H20NO. The van der Waals surface area contributed by atoms with Crippen LogP contribution in [0.25, 0.3) is 0 Å². The van der Waals surface area contributed by atoms with Crippen LogP contribution in [0.4, 0.5) is 0 Å². The SMILES string of the molecule is [CH2]CCCC(CC)C(=O)N(C)C. The number of hydrogen-bond acceptors (Lipinski definition) is 1. The molecule has 1 amide bonds. The van der Waals surface area contributed by atoms with Crippen LogP contribution in [0.3, 0.4) is 0 Å². The average molecular weight is 170 g/mol. The van der Waals surface area contributed by atoms with Crippen LogP contribution < -0.4 is 0 Å². The van der Waals surface area contributed by atoms with Crippen molar-refractivity contribution in [2.45, 2.75) is 32.6 Å². The second-order valence-electron chi connectivity index (χ2n) is 3.33. The third-order valence-electron chi connectivity index (χ3n) is 2.09. The Morgan fingerprint density at radius 2 is 2.08 bits per heavy atom. The number of nitrogens with zero attached hydrogens (tertiary/aromatic N) is 1. The lowest BCUT2D eigenvalue weighted by molar-refractivity contribution is -0.133. The van der Waals surface area contributed by atoms with E-state index in [-0.39, 0.29) is 11.8 Å². The van der Waals surface area contributed by atoms with Crippen LogP contribution in [0.2, 0.25) is 0 Å². The Morgan fingerprint density at radius 1 is 1.50 bits per heavy atom. The maximum absolute atomic E-state index is 11.5. The highest BCUT2D eigenvalue weighted by molar-refractivity contribution is 5.78. The van der Waals surface area contributed by atoms with Gasteiger partial charge in [-0.3, -0.25) is 4.79 Å². The van der Waals surface area contributed by atoms with Gasteiger partial charge in [0, 0.05) is 20.0 Å². The Morgan fingerprint density at radius 3 is 2.42 bits per heavy atom. The van der Waals surface area contributed by atoms with Crippen molar-refractivity contribution in [2.75, 3.05) is 14.1 Å². The topological polar surface area (TPSA) is 20.3 Å². The van der Waals surface area contributed by atoms with Gasteiger partial charge in [0.05, 0.1) is 0 Å². The number of carbonyl (C=O) groups is 1. The van der Waals surface area contributed by atoms with Gasteiger partial charge in [-0.2, -0.15) is 0 Å². The smallest absolute Gasteiger partial charge is 0.225 e. The Kier molecular flexibility index (Phi) is 5.77. The van der Waals surface area contributed by atoms with Crippen LogP contribution in [0, 0.1) is 12.8 Å². The van der Waals surface area contributed by atoms with Crippen LogP contribution >= 0.6 is 0 Å². The Hall–Kier alpha value is -0.530. The molecule has 2 heteroatoms. The molecule has 2 nitrogen and oxygen atoms in total. The normalized spacial score (nSPS) is 12.7. The molecule has 0 aromatic carbocycles. The van der Waals surface area contributed by atoms with E-state index >= 15 is 0 Å². The summed E-state index contributed by atoms with van der Waals surface area (Å²) in [6, 6.07) is 0. The van der Waals surface area contributed by atoms with Crippen molar-refractivity contribution in [3.8, 4) is 0 Å². The van der Waals surface area contributed by atoms with Crippen LogP contribution in [0.1, 0.15) is 32.6 Å². The van der Waals surface area contributed by atoms with E-state index in [1.165, 1.54) is 0 Å². The highest BCUT2D eigenvalue weighted by atomic mass is 16.2. The minimum atomic E-state index is 0.210. The Balaban J connectivity index is 3.88. The maximum atomic E-state index is 11.5. The molecule has 0 aliphatic carbocycles. The van der Waals surface area contributed by atoms with Gasteiger partial charge >= 0.3 is 0 Å². The number of unbranched alkanes of at least 4 members (excludes halogenated alkanes) is 1. The van der Waals surface area contributed by atoms with Crippen LogP contribution in [-0.4, -0.2) is 24.9 Å². The fraction of sp³-hybridized carbons (Fsp3) is 0.800. The summed E-state index contributed by atoms with van der Waals surface area (Å²) < 4.78 is 0. The van der Waals surface area contributed by atoms with Gasteiger partial charge in [-0.25, -0.2) is 0 Å². The van der Waals surface area contributed by atoms with Crippen molar-refractivity contribution in [3.63, 3.8) is 0 Å². The zero-order chi connectivity index (χ0) is 9.56. The molecule has 12 heavy (non-hydrogen) atoms. The molecular weight excluding hydrogens is 150 g/mol. The van der Waals surface area contributed by atoms with E-state index in [2.05, 4.69) is 13.8 Å². The number of carbonyl (C=O) groups excluding carboxylic acids is 1. The van der Waals surface area contributed by atoms with Gasteiger partial charge in [-0.05, 0) is 12.8 Å². The van der Waals surface area contributed by atoms with Gasteiger partial charge < -0.3 is 4.90 Å². The second-order valence-corrected chi connectivity index (χ2v) is 3.33. The third-order valence-corrected chi connectivity index (χ3v) is 2.09. The van der Waals surface area contributed by atoms with Crippen molar-refractivity contribution in [2.24, 2.45) is 5.92 Å². The quantitative estimate of drug-likeness (QED) is 0.619. The van der Waals surface area contributed by atoms with E-state index in [9.17, 15) is 4.79 Å². The van der Waals surface area contributed by atoms with Crippen molar-refractivity contribution < 1.29 is 4.79 Å². The molecule has 0 saturated carbocycles. The molecule has 0 N–H and O–H groups in total. The van der Waals surface area contributed by atoms with Gasteiger partial charge in [0.1, 0.15) is 0 Å². The van der Waals surface area contributed by atoms with E-state index in [1.807, 2.05) is 14.1 Å². The molecule has 0 aliphatic rings. The fourth-order valence-electron chi connectivity index (χ4n) is 1.26. The summed E-state index contributed by atoms with van der Waals surface area (Å²) in [6.45, 7) is 5.84. The molecule has 0 aliphatic heterocycles. The second kappa shape index (κ2) is 6.04. The lowest BCUT2D eigenvalue weighted by Crippen LogP contribution is -2.29. The molecule has 0 saturated heterocycles. The standard InChI is InChI=1S/C10H20NO/c1-5-7-8-9(6-2)10(12)11(3)4/h9H,1,5-8H2,2-4H3. The number of rotatable bonds is 5. The van der Waals surface area contributed by atoms with Crippen LogP contribution in [0.5, 0.6) is 0 Å². The van der Waals surface area contributed by atoms with Crippen molar-refractivity contribution in [1.82, 2.24) is 4.90 Å². The number of hydrogen-bond donors (Lipinski definition) is 0. The van der Waals surface area contributed by atoms with Gasteiger partial charge in [0.2, 0.25) is 5.91 Å². The molecule has 0 aromatic rings. The summed E-state index contributed by atoms with van der Waals surface area (Å²) in [5.74, 6) is 0.465. The molecule has 0 bridgehead atoms. The summed E-state index contributed by atoms with van der Waals surface area (Å²) >= 11 is 0. The summed E-state index contributed by atoms with van der Waals surface area (Å²) in [5.41, 5.74) is 0. The minimum absolute atomic E-state index is 0.210. The predicted octanol–water partition coefficient (Wildman–Crippen LogP) is 2.11. The molecule has 71 valence electrons. The molecule has 1 unspecified atom stereocenters. The first-order valence-corrected chi connectivity index (χ1v) is 4.63. The van der Waals surface area contributed by atoms with Crippen molar-refractivity contribution >= 4 is 5.91 Å². The number of amides is 1. The lowest BCUT2D eigenvalue weighted by atomic mass is 9.98. The summed E-state index contributed by atoms with van der Waals surface area (Å²) in [4.78, 5) is 13.2. The highest BCUT2D eigenvalue weighted by Crippen LogP contribution is 2.14. The summed E-state index contributed by atoms with van der Waals surface area (Å²) in [6.07, 6.45) is 3.91. The third kappa shape index (κ3) is 3.74. The summed E-state index contributed by atoms with van der Waals surface area (Å²) in [7, 11) is 3.63. The highest BCUT2D eigenvalue weighted by Gasteiger charge is 2.16. The molecule has 0 aromatic heterocycles. The first-order chi connectivity index (χ1) is 5.63. The first-order valence-electron chi connectivity index (χ1n) is 4.63. The zero-order valence-corrected chi connectivity index (χ0v) is 8.47. The zero-order valence-electron chi connectivity index (χ0n) is 8.47. The lowest BCUT2D eigenvalue weighted by Gasteiger charge is -2.18. The van der Waals surface area contributed by atoms with E-state index in [0.717, 1.165) is 25.7 Å². The van der Waals surface area contributed by atoms with Crippen LogP contribution in [-0.2, 0) is 4.79 Å². The molecule has 0 rings (SSSR count). The molecule has 0 fully saturated rings. The average Bonchev–Trinajstić information content (AvgIpc) is 2.05. The van der Waals surface area contributed by atoms with Gasteiger partial charge in [-0.15, -0.1) is 0 Å². The van der Waals surface area contributed by atoms with Gasteiger partial charge in [0.15, 0.2) is 0 Å². The maximum Gasteiger partial charge on any atom is 0.225 e. The molecule has 1 atom stereocenters. The van der Waals surface area contributed by atoms with E-state index in [1.54, 1.807) is 4.90 Å². The van der Waals surface area contributed by atoms with Crippen molar-refractivity contribution in [1.29, 1.82) is 0 Å². The van der Waals surface area contributed by atoms with Gasteiger partial charge in [-0.1, -0.05) is 26.7 Å². The van der Waals surface area contributed by atoms with E-state index in [0.29, 0.717) is 0 Å². The minimum Gasteiger partial charge on any atom is -0.349 e. The van der Waals surface area contributed by atoms with E-state index < -0.39 is 0 Å². The largest absolute Gasteiger partial charge is 0.349 e. The van der Waals surface area contributed by atoms with Gasteiger partial charge in [0.25, 0.3) is 0 Å².